The molecule has 0 fully saturated rings. The number of aromatic nitrogens is 1. The molecule has 9 heteroatoms. The first kappa shape index (κ1) is 18.5. The number of amides is 1. The van der Waals surface area contributed by atoms with E-state index in [4.69, 9.17) is 0 Å². The standard InChI is InChI=1S/C14H15F3N2O4/c1-22-12(20)4-2-3-7-18-13(21)10-5-6-11(19-8-10)23-9-14(15,16)17/h2,4-6,8H,3,7,9H2,1H3,(H,18,21)/b4-2+. The van der Waals surface area contributed by atoms with E-state index >= 15 is 0 Å². The van der Waals surface area contributed by atoms with Gasteiger partial charge in [-0.2, -0.15) is 13.2 Å². The van der Waals surface area contributed by atoms with Crippen molar-refractivity contribution in [3.8, 4) is 5.88 Å². The molecule has 1 rings (SSSR count). The fraction of sp³-hybridized carbons (Fsp3) is 0.357. The fourth-order valence-electron chi connectivity index (χ4n) is 1.37. The third-order valence-corrected chi connectivity index (χ3v) is 2.43. The molecular weight excluding hydrogens is 317 g/mol. The monoisotopic (exact) mass is 332 g/mol. The molecule has 0 radical (unpaired) electrons. The third kappa shape index (κ3) is 7.84. The number of nitrogens with one attached hydrogen (secondary N) is 1. The van der Waals surface area contributed by atoms with Crippen LogP contribution in [0.15, 0.2) is 30.5 Å². The van der Waals surface area contributed by atoms with Crippen molar-refractivity contribution in [3.63, 3.8) is 0 Å². The van der Waals surface area contributed by atoms with Crippen molar-refractivity contribution in [2.75, 3.05) is 20.3 Å². The van der Waals surface area contributed by atoms with Gasteiger partial charge >= 0.3 is 12.1 Å². The highest BCUT2D eigenvalue weighted by molar-refractivity contribution is 5.93. The zero-order valence-corrected chi connectivity index (χ0v) is 12.2. The van der Waals surface area contributed by atoms with Gasteiger partial charge in [0.2, 0.25) is 5.88 Å². The highest BCUT2D eigenvalue weighted by Gasteiger charge is 2.28. The minimum Gasteiger partial charge on any atom is -0.468 e. The van der Waals surface area contributed by atoms with Crippen LogP contribution in [0.25, 0.3) is 0 Å². The van der Waals surface area contributed by atoms with Crippen LogP contribution in [0.2, 0.25) is 0 Å². The molecule has 0 unspecified atom stereocenters. The maximum absolute atomic E-state index is 12.0. The van der Waals surface area contributed by atoms with Gasteiger partial charge in [-0.3, -0.25) is 4.79 Å². The summed E-state index contributed by atoms with van der Waals surface area (Å²) in [7, 11) is 1.25. The van der Waals surface area contributed by atoms with Crippen LogP contribution >= 0.6 is 0 Å². The minimum atomic E-state index is -4.45. The largest absolute Gasteiger partial charge is 0.468 e. The van der Waals surface area contributed by atoms with Crippen molar-refractivity contribution in [1.29, 1.82) is 0 Å². The molecule has 1 aromatic heterocycles. The molecule has 1 heterocycles. The van der Waals surface area contributed by atoms with Gasteiger partial charge < -0.3 is 14.8 Å². The number of halogens is 3. The maximum atomic E-state index is 12.0. The van der Waals surface area contributed by atoms with Crippen LogP contribution in [0.3, 0.4) is 0 Å². The zero-order valence-electron chi connectivity index (χ0n) is 12.2. The third-order valence-electron chi connectivity index (χ3n) is 2.43. The number of alkyl halides is 3. The second kappa shape index (κ2) is 8.76. The van der Waals surface area contributed by atoms with E-state index in [1.807, 2.05) is 0 Å². The van der Waals surface area contributed by atoms with Crippen LogP contribution in [0.4, 0.5) is 13.2 Å². The molecule has 0 atom stereocenters. The van der Waals surface area contributed by atoms with Gasteiger partial charge in [-0.15, -0.1) is 0 Å². The summed E-state index contributed by atoms with van der Waals surface area (Å²) in [4.78, 5) is 26.2. The van der Waals surface area contributed by atoms with E-state index in [0.29, 0.717) is 6.42 Å². The van der Waals surface area contributed by atoms with Crippen LogP contribution in [-0.2, 0) is 9.53 Å². The van der Waals surface area contributed by atoms with Crippen molar-refractivity contribution in [3.05, 3.63) is 36.0 Å². The Kier molecular flexibility index (Phi) is 7.04. The van der Waals surface area contributed by atoms with Crippen molar-refractivity contribution in [1.82, 2.24) is 10.3 Å². The molecule has 0 bridgehead atoms. The van der Waals surface area contributed by atoms with Gasteiger partial charge in [-0.25, -0.2) is 9.78 Å². The fourth-order valence-corrected chi connectivity index (χ4v) is 1.37. The summed E-state index contributed by atoms with van der Waals surface area (Å²) in [5, 5.41) is 2.56. The number of ether oxygens (including phenoxy) is 2. The molecule has 0 aliphatic carbocycles. The number of nitrogens with zero attached hydrogens (tertiary/aromatic N) is 1. The normalized spacial score (nSPS) is 11.3. The van der Waals surface area contributed by atoms with E-state index in [1.54, 1.807) is 6.08 Å². The highest BCUT2D eigenvalue weighted by atomic mass is 19.4. The number of hydrogen-bond acceptors (Lipinski definition) is 5. The van der Waals surface area contributed by atoms with E-state index in [-0.39, 0.29) is 18.0 Å². The second-order valence-corrected chi connectivity index (χ2v) is 4.26. The van der Waals surface area contributed by atoms with Crippen LogP contribution in [0, 0.1) is 0 Å². The van der Waals surface area contributed by atoms with Crippen LogP contribution in [-0.4, -0.2) is 43.3 Å². The Hall–Kier alpha value is -2.58. The predicted molar refractivity (Wildman–Crippen MR) is 73.9 cm³/mol. The van der Waals surface area contributed by atoms with Crippen LogP contribution in [0.5, 0.6) is 5.88 Å². The summed E-state index contributed by atoms with van der Waals surface area (Å²) >= 11 is 0. The lowest BCUT2D eigenvalue weighted by atomic mass is 10.2. The zero-order chi connectivity index (χ0) is 17.3. The van der Waals surface area contributed by atoms with E-state index in [9.17, 15) is 22.8 Å². The number of methoxy groups -OCH3 is 1. The number of hydrogen-bond donors (Lipinski definition) is 1. The van der Waals surface area contributed by atoms with Crippen molar-refractivity contribution >= 4 is 11.9 Å². The molecule has 0 aliphatic heterocycles. The van der Waals surface area contributed by atoms with Crippen LogP contribution < -0.4 is 10.1 Å². The Morgan fingerprint density at radius 2 is 2.09 bits per heavy atom. The van der Waals surface area contributed by atoms with Crippen LogP contribution in [0.1, 0.15) is 16.8 Å². The first-order valence-electron chi connectivity index (χ1n) is 6.50. The van der Waals surface area contributed by atoms with Gasteiger partial charge in [0.1, 0.15) is 0 Å². The number of rotatable bonds is 7. The van der Waals surface area contributed by atoms with Crippen molar-refractivity contribution in [2.45, 2.75) is 12.6 Å². The minimum absolute atomic E-state index is 0.182. The molecule has 0 saturated carbocycles. The van der Waals surface area contributed by atoms with E-state index in [0.717, 1.165) is 6.20 Å². The summed E-state index contributed by atoms with van der Waals surface area (Å²) in [5.41, 5.74) is 0.182. The van der Waals surface area contributed by atoms with Gasteiger partial charge in [-0.05, 0) is 12.5 Å². The first-order valence-corrected chi connectivity index (χ1v) is 6.50. The Bertz CT molecular complexity index is 556. The molecule has 6 nitrogen and oxygen atoms in total. The molecule has 1 N–H and O–H groups in total. The quantitative estimate of drug-likeness (QED) is 0.469. The van der Waals surface area contributed by atoms with E-state index in [1.165, 1.54) is 25.3 Å². The molecule has 1 amide bonds. The van der Waals surface area contributed by atoms with E-state index < -0.39 is 24.7 Å². The highest BCUT2D eigenvalue weighted by Crippen LogP contribution is 2.16. The maximum Gasteiger partial charge on any atom is 0.422 e. The average Bonchev–Trinajstić information content (AvgIpc) is 2.52. The smallest absolute Gasteiger partial charge is 0.422 e. The summed E-state index contributed by atoms with van der Waals surface area (Å²) in [6, 6.07) is 2.48. The second-order valence-electron chi connectivity index (χ2n) is 4.26. The molecule has 126 valence electrons. The molecule has 1 aromatic rings. The average molecular weight is 332 g/mol. The number of carbonyl (C=O) groups is 2. The molecule has 0 aromatic carbocycles. The summed E-state index contributed by atoms with van der Waals surface area (Å²) in [6.45, 7) is -1.17. The topological polar surface area (TPSA) is 77.5 Å². The van der Waals surface area contributed by atoms with Gasteiger partial charge in [0.25, 0.3) is 5.91 Å². The Morgan fingerprint density at radius 1 is 1.35 bits per heavy atom. The Morgan fingerprint density at radius 3 is 2.65 bits per heavy atom. The van der Waals surface area contributed by atoms with Gasteiger partial charge in [0.05, 0.1) is 12.7 Å². The van der Waals surface area contributed by atoms with Gasteiger partial charge in [0, 0.05) is 24.9 Å². The van der Waals surface area contributed by atoms with Crippen molar-refractivity contribution in [2.24, 2.45) is 0 Å². The van der Waals surface area contributed by atoms with Gasteiger partial charge in [-0.1, -0.05) is 6.08 Å². The SMILES string of the molecule is COC(=O)/C=C/CCNC(=O)c1ccc(OCC(F)(F)F)nc1. The lowest BCUT2D eigenvalue weighted by Gasteiger charge is -2.08. The predicted octanol–water partition coefficient (Wildman–Crippen LogP) is 1.87. The number of esters is 1. The first-order chi connectivity index (χ1) is 10.8. The Balaban J connectivity index is 2.39. The summed E-state index contributed by atoms with van der Waals surface area (Å²) in [6.07, 6.45) is -0.138. The molecular formula is C14H15F3N2O4. The molecule has 0 spiro atoms. The summed E-state index contributed by atoms with van der Waals surface area (Å²) in [5.74, 6) is -1.15. The number of pyridine rings is 1. The van der Waals surface area contributed by atoms with Gasteiger partial charge in [0.15, 0.2) is 6.61 Å². The van der Waals surface area contributed by atoms with Crippen molar-refractivity contribution < 1.29 is 32.2 Å². The van der Waals surface area contributed by atoms with E-state index in [2.05, 4.69) is 19.8 Å². The lowest BCUT2D eigenvalue weighted by molar-refractivity contribution is -0.154. The Labute approximate surface area is 130 Å². The molecule has 0 aliphatic rings. The summed E-state index contributed by atoms with van der Waals surface area (Å²) < 4.78 is 44.7. The molecule has 23 heavy (non-hydrogen) atoms. The number of carbonyl (C=O) groups excluding carboxylic acids is 2. The molecule has 0 saturated heterocycles. The lowest BCUT2D eigenvalue weighted by Crippen LogP contribution is -2.24.